The van der Waals surface area contributed by atoms with Crippen LogP contribution in [0.25, 0.3) is 10.1 Å². The second kappa shape index (κ2) is 6.61. The third-order valence-electron chi connectivity index (χ3n) is 4.42. The van der Waals surface area contributed by atoms with Crippen LogP contribution < -0.4 is 0 Å². The number of likely N-dealkylation sites (tertiary alicyclic amines) is 1. The van der Waals surface area contributed by atoms with Crippen LogP contribution in [-0.2, 0) is 9.84 Å². The van der Waals surface area contributed by atoms with E-state index in [4.69, 9.17) is 0 Å². The summed E-state index contributed by atoms with van der Waals surface area (Å²) in [6.07, 6.45) is 4.73. The molecule has 0 unspecified atom stereocenters. The Balaban J connectivity index is 1.85. The molecule has 0 spiro atoms. The van der Waals surface area contributed by atoms with Crippen molar-refractivity contribution in [2.75, 3.05) is 18.6 Å². The van der Waals surface area contributed by atoms with Gasteiger partial charge in [0.2, 0.25) is 0 Å². The van der Waals surface area contributed by atoms with Crippen LogP contribution in [0.3, 0.4) is 0 Å². The Bertz CT molecular complexity index is 810. The van der Waals surface area contributed by atoms with Crippen molar-refractivity contribution in [3.63, 3.8) is 0 Å². The van der Waals surface area contributed by atoms with E-state index in [1.165, 1.54) is 6.26 Å². The molecule has 1 fully saturated rings. The highest BCUT2D eigenvalue weighted by atomic mass is 32.2. The van der Waals surface area contributed by atoms with Crippen molar-refractivity contribution < 1.29 is 13.2 Å². The maximum atomic E-state index is 13.0. The number of nitrogens with zero attached hydrogens (tertiary/aromatic N) is 1. The highest BCUT2D eigenvalue weighted by molar-refractivity contribution is 7.90. The van der Waals surface area contributed by atoms with E-state index in [0.29, 0.717) is 6.42 Å². The molecule has 6 heteroatoms. The summed E-state index contributed by atoms with van der Waals surface area (Å²) in [5.41, 5.74) is 0.740. The molecule has 1 amide bonds. The lowest BCUT2D eigenvalue weighted by atomic mass is 9.98. The molecule has 0 N–H and O–H groups in total. The fourth-order valence-electron chi connectivity index (χ4n) is 3.23. The Morgan fingerprint density at radius 1 is 1.30 bits per heavy atom. The quantitative estimate of drug-likeness (QED) is 0.849. The minimum atomic E-state index is -3.00. The molecule has 1 aromatic carbocycles. The molecule has 4 nitrogen and oxygen atoms in total. The number of hydrogen-bond donors (Lipinski definition) is 0. The summed E-state index contributed by atoms with van der Waals surface area (Å²) in [5.74, 6) is 0.182. The number of fused-ring (bicyclic) bond motifs is 1. The fourth-order valence-corrected chi connectivity index (χ4v) is 4.84. The second-order valence-electron chi connectivity index (χ2n) is 6.21. The number of sulfone groups is 1. The summed E-state index contributed by atoms with van der Waals surface area (Å²) in [6.45, 7) is 0.717. The van der Waals surface area contributed by atoms with E-state index in [2.05, 4.69) is 0 Å². The Morgan fingerprint density at radius 3 is 2.91 bits per heavy atom. The molecule has 0 radical (unpaired) electrons. The van der Waals surface area contributed by atoms with E-state index in [1.807, 2.05) is 34.5 Å². The van der Waals surface area contributed by atoms with Crippen LogP contribution in [0.4, 0.5) is 0 Å². The highest BCUT2D eigenvalue weighted by Crippen LogP contribution is 2.28. The summed E-state index contributed by atoms with van der Waals surface area (Å²) < 4.78 is 23.9. The topological polar surface area (TPSA) is 54.5 Å². The largest absolute Gasteiger partial charge is 0.336 e. The number of hydrogen-bond acceptors (Lipinski definition) is 4. The zero-order valence-corrected chi connectivity index (χ0v) is 14.8. The molecular weight excluding hydrogens is 330 g/mol. The second-order valence-corrected chi connectivity index (χ2v) is 9.39. The van der Waals surface area contributed by atoms with Crippen LogP contribution in [0, 0.1) is 0 Å². The third kappa shape index (κ3) is 3.75. The molecular formula is C17H21NO3S2. The van der Waals surface area contributed by atoms with Crippen LogP contribution in [0.1, 0.15) is 36.0 Å². The molecule has 0 saturated carbocycles. The molecule has 2 aromatic rings. The molecule has 2 heterocycles. The number of carbonyl (C=O) groups excluding carboxylic acids is 1. The molecule has 23 heavy (non-hydrogen) atoms. The van der Waals surface area contributed by atoms with E-state index in [9.17, 15) is 13.2 Å². The number of rotatable bonds is 4. The predicted molar refractivity (Wildman–Crippen MR) is 94.8 cm³/mol. The first kappa shape index (κ1) is 16.5. The van der Waals surface area contributed by atoms with Crippen molar-refractivity contribution in [3.05, 3.63) is 35.2 Å². The van der Waals surface area contributed by atoms with E-state index < -0.39 is 9.84 Å². The molecule has 1 saturated heterocycles. The van der Waals surface area contributed by atoms with E-state index >= 15 is 0 Å². The van der Waals surface area contributed by atoms with Gasteiger partial charge in [-0.1, -0.05) is 12.1 Å². The Morgan fingerprint density at radius 2 is 2.13 bits per heavy atom. The van der Waals surface area contributed by atoms with Gasteiger partial charge in [0.1, 0.15) is 9.84 Å². The van der Waals surface area contributed by atoms with Gasteiger partial charge in [0.25, 0.3) is 5.91 Å². The molecule has 1 aliphatic heterocycles. The number of thiophene rings is 1. The van der Waals surface area contributed by atoms with Gasteiger partial charge in [-0.2, -0.15) is 0 Å². The zero-order chi connectivity index (χ0) is 16.4. The number of carbonyl (C=O) groups is 1. The van der Waals surface area contributed by atoms with Crippen molar-refractivity contribution in [2.24, 2.45) is 0 Å². The first-order chi connectivity index (χ1) is 11.0. The van der Waals surface area contributed by atoms with Crippen LogP contribution in [0.2, 0.25) is 0 Å². The SMILES string of the molecule is CS(=O)(=O)CC[C@@H]1CCCCN1C(=O)c1cccc2ccsc12. The Labute approximate surface area is 141 Å². The fraction of sp³-hybridized carbons (Fsp3) is 0.471. The molecule has 3 rings (SSSR count). The lowest BCUT2D eigenvalue weighted by molar-refractivity contribution is 0.0611. The van der Waals surface area contributed by atoms with Crippen molar-refractivity contribution in [3.8, 4) is 0 Å². The van der Waals surface area contributed by atoms with E-state index in [1.54, 1.807) is 11.3 Å². The standard InChI is InChI=1S/C17H21NO3S2/c1-23(20,21)12-9-14-6-2-3-10-18(14)17(19)15-7-4-5-13-8-11-22-16(13)15/h4-5,7-8,11,14H,2-3,6,9-10,12H2,1H3/t14-/m0/s1. The summed E-state index contributed by atoms with van der Waals surface area (Å²) in [6, 6.07) is 7.86. The highest BCUT2D eigenvalue weighted by Gasteiger charge is 2.29. The lowest BCUT2D eigenvalue weighted by Crippen LogP contribution is -2.44. The average molecular weight is 351 g/mol. The van der Waals surface area contributed by atoms with Crippen molar-refractivity contribution in [1.29, 1.82) is 0 Å². The monoisotopic (exact) mass is 351 g/mol. The van der Waals surface area contributed by atoms with Gasteiger partial charge in [-0.3, -0.25) is 4.79 Å². The molecule has 1 aliphatic rings. The summed E-state index contributed by atoms with van der Waals surface area (Å²) >= 11 is 1.58. The summed E-state index contributed by atoms with van der Waals surface area (Å²) in [4.78, 5) is 14.9. The summed E-state index contributed by atoms with van der Waals surface area (Å²) in [7, 11) is -3.00. The molecule has 1 aromatic heterocycles. The molecule has 0 bridgehead atoms. The van der Waals surface area contributed by atoms with Crippen LogP contribution in [0.15, 0.2) is 29.6 Å². The van der Waals surface area contributed by atoms with Gasteiger partial charge in [-0.15, -0.1) is 11.3 Å². The smallest absolute Gasteiger partial charge is 0.255 e. The molecule has 1 atom stereocenters. The van der Waals surface area contributed by atoms with Crippen molar-refractivity contribution in [1.82, 2.24) is 4.90 Å². The lowest BCUT2D eigenvalue weighted by Gasteiger charge is -2.36. The minimum Gasteiger partial charge on any atom is -0.336 e. The Hall–Kier alpha value is -1.40. The molecule has 0 aliphatic carbocycles. The third-order valence-corrected chi connectivity index (χ3v) is 6.36. The van der Waals surface area contributed by atoms with Gasteiger partial charge < -0.3 is 4.90 Å². The van der Waals surface area contributed by atoms with E-state index in [0.717, 1.165) is 41.5 Å². The zero-order valence-electron chi connectivity index (χ0n) is 13.2. The normalized spacial score (nSPS) is 19.2. The number of benzene rings is 1. The van der Waals surface area contributed by atoms with Crippen molar-refractivity contribution in [2.45, 2.75) is 31.7 Å². The Kier molecular flexibility index (Phi) is 4.73. The maximum absolute atomic E-state index is 13.0. The minimum absolute atomic E-state index is 0.0289. The van der Waals surface area contributed by atoms with Crippen LogP contribution in [0.5, 0.6) is 0 Å². The van der Waals surface area contributed by atoms with Crippen LogP contribution >= 0.6 is 11.3 Å². The summed E-state index contributed by atoms with van der Waals surface area (Å²) in [5, 5.41) is 3.09. The van der Waals surface area contributed by atoms with Crippen LogP contribution in [-0.4, -0.2) is 43.8 Å². The first-order valence-electron chi connectivity index (χ1n) is 7.90. The first-order valence-corrected chi connectivity index (χ1v) is 10.8. The van der Waals surface area contributed by atoms with Gasteiger partial charge in [0, 0.05) is 23.5 Å². The van der Waals surface area contributed by atoms with Gasteiger partial charge in [-0.05, 0) is 48.6 Å². The number of amides is 1. The van der Waals surface area contributed by atoms with Gasteiger partial charge in [0.05, 0.1) is 11.3 Å². The van der Waals surface area contributed by atoms with Gasteiger partial charge in [-0.25, -0.2) is 8.42 Å². The average Bonchev–Trinajstić information content (AvgIpc) is 3.00. The van der Waals surface area contributed by atoms with Gasteiger partial charge >= 0.3 is 0 Å². The van der Waals surface area contributed by atoms with Crippen molar-refractivity contribution >= 4 is 37.2 Å². The van der Waals surface area contributed by atoms with Gasteiger partial charge in [0.15, 0.2) is 0 Å². The van der Waals surface area contributed by atoms with E-state index in [-0.39, 0.29) is 17.7 Å². The molecule has 124 valence electrons. The number of piperidine rings is 1. The predicted octanol–water partition coefficient (Wildman–Crippen LogP) is 3.33. The maximum Gasteiger partial charge on any atom is 0.255 e.